The van der Waals surface area contributed by atoms with Gasteiger partial charge in [0.2, 0.25) is 5.76 Å². The molecule has 0 spiro atoms. The summed E-state index contributed by atoms with van der Waals surface area (Å²) >= 11 is 0. The van der Waals surface area contributed by atoms with Crippen LogP contribution in [0.5, 0.6) is 0 Å². The first-order valence-corrected chi connectivity index (χ1v) is 5.05. The van der Waals surface area contributed by atoms with Gasteiger partial charge in [0, 0.05) is 13.0 Å². The maximum Gasteiger partial charge on any atom is 0.373 e. The number of nitrogens with one attached hydrogen (secondary N) is 1. The minimum atomic E-state index is -0.455. The van der Waals surface area contributed by atoms with E-state index in [9.17, 15) is 4.79 Å². The average molecular weight is 221 g/mol. The van der Waals surface area contributed by atoms with Gasteiger partial charge in [-0.3, -0.25) is 0 Å². The summed E-state index contributed by atoms with van der Waals surface area (Å²) in [5, 5.41) is 3.16. The van der Waals surface area contributed by atoms with E-state index in [1.807, 2.05) is 6.92 Å². The van der Waals surface area contributed by atoms with Gasteiger partial charge in [-0.25, -0.2) is 4.79 Å². The molecule has 0 atom stereocenters. The van der Waals surface area contributed by atoms with Crippen molar-refractivity contribution in [2.75, 3.05) is 13.7 Å². The monoisotopic (exact) mass is 221 g/mol. The summed E-state index contributed by atoms with van der Waals surface area (Å²) < 4.78 is 9.81. The highest BCUT2D eigenvalue weighted by Crippen LogP contribution is 2.08. The molecule has 0 radical (unpaired) electrons. The second-order valence-corrected chi connectivity index (χ2v) is 3.11. The molecule has 4 heteroatoms. The number of carbonyl (C=O) groups excluding carboxylic acids is 1. The fourth-order valence-corrected chi connectivity index (χ4v) is 1.17. The van der Waals surface area contributed by atoms with Crippen LogP contribution in [0.3, 0.4) is 0 Å². The maximum absolute atomic E-state index is 11.1. The van der Waals surface area contributed by atoms with E-state index in [0.29, 0.717) is 12.3 Å². The van der Waals surface area contributed by atoms with E-state index >= 15 is 0 Å². The number of ether oxygens (including phenoxy) is 1. The van der Waals surface area contributed by atoms with Crippen LogP contribution in [0.25, 0.3) is 0 Å². The quantitative estimate of drug-likeness (QED) is 0.466. The molecule has 0 aliphatic rings. The first-order chi connectivity index (χ1) is 7.77. The summed E-state index contributed by atoms with van der Waals surface area (Å²) in [6.07, 6.45) is 0.807. The third kappa shape index (κ3) is 3.79. The van der Waals surface area contributed by atoms with Gasteiger partial charge in [0.15, 0.2) is 0 Å². The van der Waals surface area contributed by atoms with Crippen LogP contribution in [0.4, 0.5) is 0 Å². The average Bonchev–Trinajstić information content (AvgIpc) is 2.76. The molecule has 0 bridgehead atoms. The number of furan rings is 1. The Kier molecular flexibility index (Phi) is 5.17. The molecule has 1 aromatic heterocycles. The lowest BCUT2D eigenvalue weighted by Crippen LogP contribution is -2.13. The van der Waals surface area contributed by atoms with Gasteiger partial charge in [0.05, 0.1) is 13.7 Å². The van der Waals surface area contributed by atoms with Crippen molar-refractivity contribution in [2.45, 2.75) is 19.9 Å². The maximum atomic E-state index is 11.1. The summed E-state index contributed by atoms with van der Waals surface area (Å²) in [5.41, 5.74) is 0. The third-order valence-electron chi connectivity index (χ3n) is 1.95. The molecule has 4 nitrogen and oxygen atoms in total. The summed E-state index contributed by atoms with van der Waals surface area (Å²) in [6.45, 7) is 3.20. The van der Waals surface area contributed by atoms with E-state index in [4.69, 9.17) is 4.42 Å². The standard InChI is InChI=1S/C12H15NO3/c1-3-4-5-8-13-9-10-6-7-11(16-10)12(14)15-2/h6-7,13H,5,8-9H2,1-2H3. The molecule has 86 valence electrons. The van der Waals surface area contributed by atoms with Gasteiger partial charge in [0.25, 0.3) is 0 Å². The molecule has 16 heavy (non-hydrogen) atoms. The van der Waals surface area contributed by atoms with Crippen LogP contribution >= 0.6 is 0 Å². The lowest BCUT2D eigenvalue weighted by atomic mass is 10.4. The Bertz CT molecular complexity index is 398. The van der Waals surface area contributed by atoms with E-state index < -0.39 is 5.97 Å². The van der Waals surface area contributed by atoms with Gasteiger partial charge < -0.3 is 14.5 Å². The molecule has 1 aromatic rings. The Morgan fingerprint density at radius 1 is 1.56 bits per heavy atom. The molecule has 0 aliphatic heterocycles. The summed E-state index contributed by atoms with van der Waals surface area (Å²) in [5.74, 6) is 6.25. The number of carbonyl (C=O) groups is 1. The molecular weight excluding hydrogens is 206 g/mol. The molecule has 0 amide bonds. The number of hydrogen-bond donors (Lipinski definition) is 1. The zero-order valence-electron chi connectivity index (χ0n) is 9.50. The van der Waals surface area contributed by atoms with Crippen molar-refractivity contribution in [2.24, 2.45) is 0 Å². The Balaban J connectivity index is 2.34. The highest BCUT2D eigenvalue weighted by molar-refractivity contribution is 5.86. The van der Waals surface area contributed by atoms with Crippen LogP contribution in [0.15, 0.2) is 16.5 Å². The zero-order valence-corrected chi connectivity index (χ0v) is 9.50. The summed E-state index contributed by atoms with van der Waals surface area (Å²) in [6, 6.07) is 3.36. The molecule has 0 aromatic carbocycles. The third-order valence-corrected chi connectivity index (χ3v) is 1.95. The van der Waals surface area contributed by atoms with Crippen molar-refractivity contribution in [1.29, 1.82) is 0 Å². The van der Waals surface area contributed by atoms with Gasteiger partial charge in [-0.05, 0) is 19.1 Å². The number of rotatable bonds is 5. The van der Waals surface area contributed by atoms with E-state index in [-0.39, 0.29) is 5.76 Å². The number of methoxy groups -OCH3 is 1. The lowest BCUT2D eigenvalue weighted by molar-refractivity contribution is 0.0563. The normalized spacial score (nSPS) is 9.38. The number of esters is 1. The molecule has 0 aliphatic carbocycles. The van der Waals surface area contributed by atoms with E-state index in [2.05, 4.69) is 21.9 Å². The van der Waals surface area contributed by atoms with E-state index in [0.717, 1.165) is 13.0 Å². The van der Waals surface area contributed by atoms with Gasteiger partial charge in [-0.1, -0.05) is 0 Å². The predicted octanol–water partition coefficient (Wildman–Crippen LogP) is 1.57. The van der Waals surface area contributed by atoms with Crippen LogP contribution < -0.4 is 5.32 Å². The van der Waals surface area contributed by atoms with Crippen molar-refractivity contribution >= 4 is 5.97 Å². The SMILES string of the molecule is CC#CCCNCc1ccc(C(=O)OC)o1. The Labute approximate surface area is 95.0 Å². The smallest absolute Gasteiger partial charge is 0.373 e. The summed E-state index contributed by atoms with van der Waals surface area (Å²) in [7, 11) is 1.33. The first kappa shape index (κ1) is 12.3. The Hall–Kier alpha value is -1.73. The van der Waals surface area contributed by atoms with Gasteiger partial charge >= 0.3 is 5.97 Å². The Morgan fingerprint density at radius 3 is 3.06 bits per heavy atom. The topological polar surface area (TPSA) is 51.5 Å². The van der Waals surface area contributed by atoms with Crippen LogP contribution in [-0.2, 0) is 11.3 Å². The predicted molar refractivity (Wildman–Crippen MR) is 59.8 cm³/mol. The minimum absolute atomic E-state index is 0.229. The van der Waals surface area contributed by atoms with Crippen molar-refractivity contribution in [3.8, 4) is 11.8 Å². The second-order valence-electron chi connectivity index (χ2n) is 3.11. The summed E-state index contributed by atoms with van der Waals surface area (Å²) in [4.78, 5) is 11.1. The van der Waals surface area contributed by atoms with Gasteiger partial charge in [0.1, 0.15) is 5.76 Å². The second kappa shape index (κ2) is 6.70. The molecular formula is C12H15NO3. The highest BCUT2D eigenvalue weighted by atomic mass is 16.5. The fourth-order valence-electron chi connectivity index (χ4n) is 1.17. The van der Waals surface area contributed by atoms with Crippen LogP contribution in [-0.4, -0.2) is 19.6 Å². The van der Waals surface area contributed by atoms with Crippen molar-refractivity contribution < 1.29 is 13.9 Å². The first-order valence-electron chi connectivity index (χ1n) is 5.05. The molecule has 1 heterocycles. The van der Waals surface area contributed by atoms with Crippen LogP contribution in [0.2, 0.25) is 0 Å². The van der Waals surface area contributed by atoms with E-state index in [1.165, 1.54) is 7.11 Å². The lowest BCUT2D eigenvalue weighted by Gasteiger charge is -1.98. The molecule has 0 fully saturated rings. The molecule has 1 N–H and O–H groups in total. The minimum Gasteiger partial charge on any atom is -0.463 e. The van der Waals surface area contributed by atoms with Crippen molar-refractivity contribution in [3.63, 3.8) is 0 Å². The van der Waals surface area contributed by atoms with Gasteiger partial charge in [-0.15, -0.1) is 11.8 Å². The molecule has 1 rings (SSSR count). The molecule has 0 saturated heterocycles. The molecule has 0 saturated carbocycles. The number of hydrogen-bond acceptors (Lipinski definition) is 4. The van der Waals surface area contributed by atoms with Crippen molar-refractivity contribution in [3.05, 3.63) is 23.7 Å². The highest BCUT2D eigenvalue weighted by Gasteiger charge is 2.10. The van der Waals surface area contributed by atoms with Crippen molar-refractivity contribution in [1.82, 2.24) is 5.32 Å². The largest absolute Gasteiger partial charge is 0.463 e. The molecule has 0 unspecified atom stereocenters. The zero-order chi connectivity index (χ0) is 11.8. The Morgan fingerprint density at radius 2 is 2.38 bits per heavy atom. The fraction of sp³-hybridized carbons (Fsp3) is 0.417. The van der Waals surface area contributed by atoms with Crippen LogP contribution in [0.1, 0.15) is 29.7 Å². The van der Waals surface area contributed by atoms with Gasteiger partial charge in [-0.2, -0.15) is 0 Å². The van der Waals surface area contributed by atoms with Crippen LogP contribution in [0, 0.1) is 11.8 Å². The van der Waals surface area contributed by atoms with E-state index in [1.54, 1.807) is 12.1 Å².